The predicted octanol–water partition coefficient (Wildman–Crippen LogP) is -5.83. The zero-order valence-corrected chi connectivity index (χ0v) is 22.5. The molecule has 200 valence electrons. The number of hydrogen-bond acceptors (Lipinski definition) is 6. The molecule has 4 N–H and O–H groups in total. The highest BCUT2D eigenvalue weighted by Crippen LogP contribution is 2.38. The molecule has 3 rings (SSSR count). The Labute approximate surface area is 225 Å². The normalized spacial score (nSPS) is 15.4. The lowest BCUT2D eigenvalue weighted by molar-refractivity contribution is -0.908. The number of esters is 1. The molecule has 10 heteroatoms. The van der Waals surface area contributed by atoms with Crippen LogP contribution in [-0.2, 0) is 4.74 Å². The largest absolute Gasteiger partial charge is 1.00 e. The van der Waals surface area contributed by atoms with Gasteiger partial charge in [-0.05, 0) is 29.3 Å². The van der Waals surface area contributed by atoms with E-state index in [-0.39, 0.29) is 37.0 Å². The Hall–Kier alpha value is -2.49. The third kappa shape index (κ3) is 8.87. The first-order valence-electron chi connectivity index (χ1n) is 11.6. The van der Waals surface area contributed by atoms with E-state index in [0.717, 1.165) is 32.6 Å². The van der Waals surface area contributed by atoms with Crippen LogP contribution in [0.4, 0.5) is 0 Å². The van der Waals surface area contributed by atoms with Gasteiger partial charge in [-0.3, -0.25) is 0 Å². The lowest BCUT2D eigenvalue weighted by Crippen LogP contribution is -3.15. The lowest BCUT2D eigenvalue weighted by Gasteiger charge is -2.23. The Morgan fingerprint density at radius 1 is 1.06 bits per heavy atom. The predicted molar refractivity (Wildman–Crippen MR) is 129 cm³/mol. The van der Waals surface area contributed by atoms with Crippen LogP contribution in [-0.4, -0.2) is 77.8 Å². The van der Waals surface area contributed by atoms with E-state index < -0.39 is 12.1 Å². The van der Waals surface area contributed by atoms with Crippen molar-refractivity contribution in [3.05, 3.63) is 59.7 Å². The second-order valence-corrected chi connectivity index (χ2v) is 8.28. The number of aliphatic hydroxyl groups excluding tert-OH is 1. The van der Waals surface area contributed by atoms with Gasteiger partial charge in [0.25, 0.3) is 0 Å². The monoisotopic (exact) mass is 542 g/mol. The molecule has 2 aromatic carbocycles. The van der Waals surface area contributed by atoms with E-state index in [0.29, 0.717) is 23.8 Å². The van der Waals surface area contributed by atoms with Crippen molar-refractivity contribution in [1.29, 1.82) is 0 Å². The zero-order chi connectivity index (χ0) is 24.3. The summed E-state index contributed by atoms with van der Waals surface area (Å²) in [4.78, 5) is 14.0. The van der Waals surface area contributed by atoms with E-state index in [2.05, 4.69) is 35.7 Å². The molecule has 2 aromatic rings. The van der Waals surface area contributed by atoms with Crippen molar-refractivity contribution in [3.8, 4) is 17.2 Å². The number of nitrogens with two attached hydrogens (primary N) is 1. The van der Waals surface area contributed by atoms with Crippen LogP contribution in [0.5, 0.6) is 17.2 Å². The minimum atomic E-state index is -0.744. The number of carbonyl (C=O) groups excluding carboxylic acids is 1. The molecule has 1 heterocycles. The molecule has 0 saturated carbocycles. The van der Waals surface area contributed by atoms with Crippen LogP contribution in [0.25, 0.3) is 5.57 Å². The third-order valence-electron chi connectivity index (χ3n) is 5.98. The average molecular weight is 543 g/mol. The van der Waals surface area contributed by atoms with Crippen LogP contribution in [0.2, 0.25) is 0 Å². The zero-order valence-electron chi connectivity index (χ0n) is 21.0. The number of nitrogens with one attached hydrogen (secondary N) is 1. The van der Waals surface area contributed by atoms with E-state index >= 15 is 0 Å². The van der Waals surface area contributed by atoms with Crippen molar-refractivity contribution in [1.82, 2.24) is 0 Å². The summed E-state index contributed by atoms with van der Waals surface area (Å²) in [5, 5.41) is 12.3. The van der Waals surface area contributed by atoms with Gasteiger partial charge < -0.3 is 59.1 Å². The molecule has 0 aromatic heterocycles. The average Bonchev–Trinajstić information content (AvgIpc) is 2.89. The van der Waals surface area contributed by atoms with Gasteiger partial charge in [-0.25, -0.2) is 4.79 Å². The van der Waals surface area contributed by atoms with Crippen LogP contribution in [0, 0.1) is 0 Å². The maximum atomic E-state index is 12.4. The van der Waals surface area contributed by atoms with Gasteiger partial charge in [0.2, 0.25) is 5.75 Å². The van der Waals surface area contributed by atoms with Gasteiger partial charge >= 0.3 is 5.97 Å². The summed E-state index contributed by atoms with van der Waals surface area (Å²) in [5.74, 6) is 0.582. The van der Waals surface area contributed by atoms with Gasteiger partial charge in [0.1, 0.15) is 32.3 Å². The van der Waals surface area contributed by atoms with Crippen molar-refractivity contribution in [2.75, 3.05) is 60.7 Å². The molecule has 0 amide bonds. The summed E-state index contributed by atoms with van der Waals surface area (Å²) >= 11 is 0. The van der Waals surface area contributed by atoms with Crippen LogP contribution < -0.4 is 49.2 Å². The molecule has 2 atom stereocenters. The van der Waals surface area contributed by atoms with E-state index in [1.54, 1.807) is 4.90 Å². The minimum absolute atomic E-state index is 0. The summed E-state index contributed by atoms with van der Waals surface area (Å²) in [7, 11) is 4.46. The molecule has 0 spiro atoms. The Kier molecular flexibility index (Phi) is 14.3. The van der Waals surface area contributed by atoms with Gasteiger partial charge in [-0.15, -0.1) is 0 Å². The fraction of sp³-hybridized carbons (Fsp3) is 0.423. The van der Waals surface area contributed by atoms with E-state index in [9.17, 15) is 9.90 Å². The van der Waals surface area contributed by atoms with Gasteiger partial charge in [0.15, 0.2) is 11.5 Å². The van der Waals surface area contributed by atoms with Crippen LogP contribution >= 0.6 is 0 Å². The second kappa shape index (κ2) is 16.3. The maximum Gasteiger partial charge on any atom is 0.338 e. The number of halogens is 2. The van der Waals surface area contributed by atoms with Crippen molar-refractivity contribution < 1.29 is 63.9 Å². The molecular formula is C26H36Cl2N2O6. The molecule has 0 fully saturated rings. The number of rotatable bonds is 12. The summed E-state index contributed by atoms with van der Waals surface area (Å²) in [6, 6.07) is 13.6. The lowest BCUT2D eigenvalue weighted by atomic mass is 10.00. The Morgan fingerprint density at radius 3 is 2.28 bits per heavy atom. The molecule has 36 heavy (non-hydrogen) atoms. The molecule has 0 bridgehead atoms. The molecular weight excluding hydrogens is 507 g/mol. The third-order valence-corrected chi connectivity index (χ3v) is 5.98. The highest BCUT2D eigenvalue weighted by atomic mass is 35.5. The molecule has 0 saturated heterocycles. The highest BCUT2D eigenvalue weighted by molar-refractivity contribution is 5.91. The first-order chi connectivity index (χ1) is 16.5. The summed E-state index contributed by atoms with van der Waals surface area (Å²) < 4.78 is 21.1. The quantitative estimate of drug-likeness (QED) is 0.183. The summed E-state index contributed by atoms with van der Waals surface area (Å²) in [5.41, 5.74) is 3.01. The van der Waals surface area contributed by atoms with Crippen LogP contribution in [0.1, 0.15) is 22.3 Å². The topological polar surface area (TPSA) is 95.3 Å². The number of ether oxygens (including phenoxy) is 4. The van der Waals surface area contributed by atoms with Gasteiger partial charge in [0, 0.05) is 6.42 Å². The van der Waals surface area contributed by atoms with Gasteiger partial charge in [-0.2, -0.15) is 0 Å². The molecule has 2 unspecified atom stereocenters. The molecule has 0 aliphatic carbocycles. The van der Waals surface area contributed by atoms with E-state index in [1.165, 1.54) is 44.6 Å². The SMILES string of the molecule is COc1cc(C(=O)OCC(O)C[NH2+]CC[NH+]2CC=C(c3ccccc3)CC2)cc(OC)c1OC.[Cl-].[Cl-]. The maximum absolute atomic E-state index is 12.4. The van der Waals surface area contributed by atoms with Crippen molar-refractivity contribution in [2.24, 2.45) is 0 Å². The fourth-order valence-electron chi connectivity index (χ4n) is 4.06. The number of hydrogen-bond donors (Lipinski definition) is 3. The summed E-state index contributed by atoms with van der Waals surface area (Å²) in [6.07, 6.45) is 2.68. The Bertz CT molecular complexity index is 949. The van der Waals surface area contributed by atoms with E-state index in [1.807, 2.05) is 6.07 Å². The van der Waals surface area contributed by atoms with Crippen molar-refractivity contribution in [3.63, 3.8) is 0 Å². The number of aliphatic hydroxyl groups is 1. The number of methoxy groups -OCH3 is 3. The van der Waals surface area contributed by atoms with Gasteiger partial charge in [-0.1, -0.05) is 30.3 Å². The van der Waals surface area contributed by atoms with Crippen LogP contribution in [0.15, 0.2) is 48.5 Å². The number of carbonyl (C=O) groups is 1. The number of benzene rings is 2. The minimum Gasteiger partial charge on any atom is -1.00 e. The molecule has 1 aliphatic rings. The van der Waals surface area contributed by atoms with Gasteiger partial charge in [0.05, 0.1) is 40.0 Å². The Balaban J connectivity index is 0.00000324. The Morgan fingerprint density at radius 2 is 1.72 bits per heavy atom. The van der Waals surface area contributed by atoms with Crippen molar-refractivity contribution in [2.45, 2.75) is 12.5 Å². The first-order valence-corrected chi connectivity index (χ1v) is 11.6. The highest BCUT2D eigenvalue weighted by Gasteiger charge is 2.20. The standard InChI is InChI=1S/C26H34N2O6.2ClH/c1-31-23-15-21(16-24(32-2)25(23)33-3)26(30)34-18-22(29)17-27-11-14-28-12-9-20(10-13-28)19-7-5-4-6-8-19;;/h4-9,15-16,22,27,29H,10-14,17-18H2,1-3H3;2*1H. The second-order valence-electron chi connectivity index (χ2n) is 8.28. The number of quaternary nitrogens is 2. The molecule has 1 aliphatic heterocycles. The van der Waals surface area contributed by atoms with Crippen LogP contribution in [0.3, 0.4) is 0 Å². The van der Waals surface area contributed by atoms with E-state index in [4.69, 9.17) is 18.9 Å². The smallest absolute Gasteiger partial charge is 0.338 e. The fourth-order valence-corrected chi connectivity index (χ4v) is 4.06. The summed E-state index contributed by atoms with van der Waals surface area (Å²) in [6.45, 7) is 4.46. The molecule has 0 radical (unpaired) electrons. The first kappa shape index (κ1) is 31.5. The van der Waals surface area contributed by atoms with Crippen molar-refractivity contribution >= 4 is 11.5 Å². The molecule has 8 nitrogen and oxygen atoms in total.